The summed E-state index contributed by atoms with van der Waals surface area (Å²) in [5.74, 6) is -0.238. The van der Waals surface area contributed by atoms with Crippen LogP contribution < -0.4 is 5.32 Å². The first-order chi connectivity index (χ1) is 14.2. The summed E-state index contributed by atoms with van der Waals surface area (Å²) >= 11 is 0. The molecule has 0 aromatic carbocycles. The fraction of sp³-hybridized carbons (Fsp3) is 0.0909. The van der Waals surface area contributed by atoms with Gasteiger partial charge in [0.2, 0.25) is 0 Å². The molecule has 4 rings (SSSR count). The number of hydrogen-bond acceptors (Lipinski definition) is 6. The Balaban J connectivity index is 1.38. The smallest absolute Gasteiger partial charge is 0.270 e. The van der Waals surface area contributed by atoms with Gasteiger partial charge in [0.25, 0.3) is 5.91 Å². The first-order valence-electron chi connectivity index (χ1n) is 9.08. The van der Waals surface area contributed by atoms with Crippen molar-refractivity contribution in [1.29, 1.82) is 0 Å². The van der Waals surface area contributed by atoms with E-state index in [1.807, 2.05) is 43.3 Å². The number of hydrogen-bond donors (Lipinski definition) is 1. The van der Waals surface area contributed by atoms with Crippen molar-refractivity contribution < 1.29 is 4.79 Å². The van der Waals surface area contributed by atoms with Crippen molar-refractivity contribution in [3.05, 3.63) is 90.4 Å². The Kier molecular flexibility index (Phi) is 5.29. The van der Waals surface area contributed by atoms with Crippen LogP contribution in [0.2, 0.25) is 0 Å². The number of amides is 1. The fourth-order valence-electron chi connectivity index (χ4n) is 2.84. The van der Waals surface area contributed by atoms with E-state index in [0.717, 1.165) is 33.6 Å². The standard InChI is InChI=1S/C22H18N6O/c1-15-10-17(6-8-23-15)20-4-2-16(11-24-20)12-26-22(29)21-5-3-18(13-25-21)19-7-9-27-28-14-19/h2-11,13-14H,12H2,1H3,(H,26,29). The second kappa shape index (κ2) is 8.35. The summed E-state index contributed by atoms with van der Waals surface area (Å²) in [6.07, 6.45) is 8.45. The van der Waals surface area contributed by atoms with Gasteiger partial charge < -0.3 is 5.32 Å². The molecule has 0 saturated carbocycles. The van der Waals surface area contributed by atoms with E-state index in [2.05, 4.69) is 30.5 Å². The van der Waals surface area contributed by atoms with E-state index < -0.39 is 0 Å². The van der Waals surface area contributed by atoms with Gasteiger partial charge in [0, 0.05) is 47.5 Å². The van der Waals surface area contributed by atoms with Crippen molar-refractivity contribution in [3.8, 4) is 22.4 Å². The van der Waals surface area contributed by atoms with Gasteiger partial charge >= 0.3 is 0 Å². The normalized spacial score (nSPS) is 10.5. The molecule has 0 bridgehead atoms. The first-order valence-corrected chi connectivity index (χ1v) is 9.08. The molecule has 0 aliphatic rings. The lowest BCUT2D eigenvalue weighted by molar-refractivity contribution is 0.0946. The van der Waals surface area contributed by atoms with E-state index in [9.17, 15) is 4.79 Å². The number of aromatic nitrogens is 5. The molecule has 0 aliphatic carbocycles. The van der Waals surface area contributed by atoms with Crippen LogP contribution in [0.1, 0.15) is 21.7 Å². The Morgan fingerprint density at radius 2 is 1.69 bits per heavy atom. The van der Waals surface area contributed by atoms with Gasteiger partial charge in [0.15, 0.2) is 0 Å². The monoisotopic (exact) mass is 382 g/mol. The lowest BCUT2D eigenvalue weighted by Gasteiger charge is -2.07. The van der Waals surface area contributed by atoms with Gasteiger partial charge in [-0.2, -0.15) is 10.2 Å². The van der Waals surface area contributed by atoms with Gasteiger partial charge in [0.05, 0.1) is 18.1 Å². The minimum absolute atomic E-state index is 0.238. The number of rotatable bonds is 5. The largest absolute Gasteiger partial charge is 0.347 e. The summed E-state index contributed by atoms with van der Waals surface area (Å²) in [5.41, 5.74) is 5.87. The molecule has 0 unspecified atom stereocenters. The van der Waals surface area contributed by atoms with Gasteiger partial charge in [-0.15, -0.1) is 0 Å². The maximum atomic E-state index is 12.4. The third-order valence-corrected chi connectivity index (χ3v) is 4.38. The van der Waals surface area contributed by atoms with Crippen LogP contribution in [0.4, 0.5) is 0 Å². The molecule has 0 atom stereocenters. The van der Waals surface area contributed by atoms with E-state index >= 15 is 0 Å². The predicted octanol–water partition coefficient (Wildman–Crippen LogP) is 3.23. The Bertz CT molecular complexity index is 1110. The van der Waals surface area contributed by atoms with Crippen molar-refractivity contribution in [2.45, 2.75) is 13.5 Å². The molecular formula is C22H18N6O. The molecule has 4 aromatic heterocycles. The zero-order valence-corrected chi connectivity index (χ0v) is 15.8. The van der Waals surface area contributed by atoms with Crippen LogP contribution in [0.3, 0.4) is 0 Å². The van der Waals surface area contributed by atoms with E-state index in [-0.39, 0.29) is 5.91 Å². The highest BCUT2D eigenvalue weighted by molar-refractivity contribution is 5.92. The van der Waals surface area contributed by atoms with Crippen molar-refractivity contribution in [3.63, 3.8) is 0 Å². The Hall–Kier alpha value is -4.00. The zero-order chi connectivity index (χ0) is 20.1. The SMILES string of the molecule is Cc1cc(-c2ccc(CNC(=O)c3ccc(-c4ccnnc4)cn3)cn2)ccn1. The van der Waals surface area contributed by atoms with Crippen LogP contribution in [-0.4, -0.2) is 31.1 Å². The molecule has 0 fully saturated rings. The molecule has 0 aliphatic heterocycles. The number of carbonyl (C=O) groups excluding carboxylic acids is 1. The van der Waals surface area contributed by atoms with E-state index in [1.165, 1.54) is 0 Å². The lowest BCUT2D eigenvalue weighted by atomic mass is 10.1. The Morgan fingerprint density at radius 3 is 2.38 bits per heavy atom. The Morgan fingerprint density at radius 1 is 0.828 bits per heavy atom. The minimum atomic E-state index is -0.238. The average Bonchev–Trinajstić information content (AvgIpc) is 2.78. The number of nitrogens with zero attached hydrogens (tertiary/aromatic N) is 5. The maximum Gasteiger partial charge on any atom is 0.270 e. The van der Waals surface area contributed by atoms with Gasteiger partial charge in [-0.25, -0.2) is 0 Å². The van der Waals surface area contributed by atoms with E-state index in [1.54, 1.807) is 37.1 Å². The quantitative estimate of drug-likeness (QED) is 0.570. The van der Waals surface area contributed by atoms with Crippen molar-refractivity contribution in [2.75, 3.05) is 0 Å². The molecule has 7 nitrogen and oxygen atoms in total. The molecule has 1 N–H and O–H groups in total. The van der Waals surface area contributed by atoms with Gasteiger partial charge in [0.1, 0.15) is 5.69 Å². The second-order valence-electron chi connectivity index (χ2n) is 6.48. The van der Waals surface area contributed by atoms with Crippen molar-refractivity contribution in [1.82, 2.24) is 30.5 Å². The summed E-state index contributed by atoms with van der Waals surface area (Å²) in [4.78, 5) is 25.3. The molecule has 1 amide bonds. The van der Waals surface area contributed by atoms with Crippen molar-refractivity contribution >= 4 is 5.91 Å². The summed E-state index contributed by atoms with van der Waals surface area (Å²) in [6, 6.07) is 13.2. The molecule has 29 heavy (non-hydrogen) atoms. The van der Waals surface area contributed by atoms with Crippen LogP contribution in [0.25, 0.3) is 22.4 Å². The highest BCUT2D eigenvalue weighted by Gasteiger charge is 2.08. The molecule has 4 aromatic rings. The highest BCUT2D eigenvalue weighted by atomic mass is 16.1. The zero-order valence-electron chi connectivity index (χ0n) is 15.8. The highest BCUT2D eigenvalue weighted by Crippen LogP contribution is 2.18. The molecule has 0 spiro atoms. The van der Waals surface area contributed by atoms with E-state index in [4.69, 9.17) is 0 Å². The third kappa shape index (κ3) is 4.47. The topological polar surface area (TPSA) is 93.6 Å². The Labute approximate surface area is 167 Å². The summed E-state index contributed by atoms with van der Waals surface area (Å²) in [7, 11) is 0. The van der Waals surface area contributed by atoms with Crippen LogP contribution in [0.5, 0.6) is 0 Å². The summed E-state index contributed by atoms with van der Waals surface area (Å²) < 4.78 is 0. The van der Waals surface area contributed by atoms with E-state index in [0.29, 0.717) is 12.2 Å². The maximum absolute atomic E-state index is 12.4. The van der Waals surface area contributed by atoms with Crippen LogP contribution in [-0.2, 0) is 6.54 Å². The number of carbonyl (C=O) groups is 1. The van der Waals surface area contributed by atoms with Crippen LogP contribution >= 0.6 is 0 Å². The molecule has 7 heteroatoms. The van der Waals surface area contributed by atoms with Crippen LogP contribution in [0, 0.1) is 6.92 Å². The second-order valence-corrected chi connectivity index (χ2v) is 6.48. The third-order valence-electron chi connectivity index (χ3n) is 4.38. The predicted molar refractivity (Wildman–Crippen MR) is 109 cm³/mol. The van der Waals surface area contributed by atoms with Gasteiger partial charge in [-0.1, -0.05) is 12.1 Å². The summed E-state index contributed by atoms with van der Waals surface area (Å²) in [5, 5.41) is 10.5. The molecule has 0 radical (unpaired) electrons. The van der Waals surface area contributed by atoms with Gasteiger partial charge in [-0.3, -0.25) is 19.7 Å². The minimum Gasteiger partial charge on any atom is -0.347 e. The lowest BCUT2D eigenvalue weighted by Crippen LogP contribution is -2.23. The number of pyridine rings is 3. The molecule has 142 valence electrons. The molecule has 4 heterocycles. The number of aryl methyl sites for hydroxylation is 1. The van der Waals surface area contributed by atoms with Crippen molar-refractivity contribution in [2.24, 2.45) is 0 Å². The number of nitrogens with one attached hydrogen (secondary N) is 1. The van der Waals surface area contributed by atoms with Gasteiger partial charge in [-0.05, 0) is 42.8 Å². The first kappa shape index (κ1) is 18.4. The average molecular weight is 382 g/mol. The summed E-state index contributed by atoms with van der Waals surface area (Å²) in [6.45, 7) is 2.32. The fourth-order valence-corrected chi connectivity index (χ4v) is 2.84. The molecule has 0 saturated heterocycles. The van der Waals surface area contributed by atoms with Crippen LogP contribution in [0.15, 0.2) is 73.4 Å². The molecular weight excluding hydrogens is 364 g/mol.